The molecule has 2 aromatic rings. The highest BCUT2D eigenvalue weighted by Crippen LogP contribution is 2.44. The van der Waals surface area contributed by atoms with Crippen LogP contribution in [0.25, 0.3) is 11.1 Å². The van der Waals surface area contributed by atoms with E-state index in [1.165, 1.54) is 11.1 Å². The average molecular weight is 465 g/mol. The Kier molecular flexibility index (Phi) is 7.50. The maximum Gasteiger partial charge on any atom is 0.407 e. The van der Waals surface area contributed by atoms with Crippen molar-refractivity contribution < 1.29 is 24.2 Å². The van der Waals surface area contributed by atoms with E-state index < -0.39 is 12.1 Å². The van der Waals surface area contributed by atoms with Gasteiger partial charge in [-0.1, -0.05) is 61.9 Å². The first-order valence-corrected chi connectivity index (χ1v) is 12.1. The lowest BCUT2D eigenvalue weighted by atomic mass is 9.98. The van der Waals surface area contributed by atoms with Crippen LogP contribution in [0.1, 0.15) is 62.5 Å². The molecule has 7 heteroatoms. The zero-order valence-corrected chi connectivity index (χ0v) is 19.5. The number of carbonyl (C=O) groups excluding carboxylic acids is 2. The topological polar surface area (TPSA) is 95.9 Å². The molecule has 0 radical (unpaired) electrons. The number of aliphatic carboxylic acids is 1. The number of benzene rings is 2. The van der Waals surface area contributed by atoms with Crippen molar-refractivity contribution in [2.24, 2.45) is 0 Å². The Labute approximate surface area is 200 Å². The zero-order valence-electron chi connectivity index (χ0n) is 19.5. The van der Waals surface area contributed by atoms with E-state index in [0.29, 0.717) is 19.4 Å². The van der Waals surface area contributed by atoms with Crippen LogP contribution in [-0.4, -0.2) is 53.2 Å². The molecule has 1 aliphatic heterocycles. The molecule has 0 saturated carbocycles. The fourth-order valence-electron chi connectivity index (χ4n) is 5.29. The minimum absolute atomic E-state index is 0.0224. The van der Waals surface area contributed by atoms with Crippen LogP contribution in [0.4, 0.5) is 4.79 Å². The van der Waals surface area contributed by atoms with Crippen LogP contribution in [0, 0.1) is 0 Å². The predicted molar refractivity (Wildman–Crippen MR) is 129 cm³/mol. The summed E-state index contributed by atoms with van der Waals surface area (Å²) in [6.07, 6.45) is 2.54. The van der Waals surface area contributed by atoms with Crippen molar-refractivity contribution in [2.45, 2.75) is 63.5 Å². The molecule has 2 N–H and O–H groups in total. The molecule has 1 unspecified atom stereocenters. The molecule has 2 aliphatic rings. The van der Waals surface area contributed by atoms with Crippen molar-refractivity contribution in [3.8, 4) is 11.1 Å². The number of hydrogen-bond acceptors (Lipinski definition) is 4. The van der Waals surface area contributed by atoms with Crippen molar-refractivity contribution in [1.29, 1.82) is 0 Å². The molecule has 1 aliphatic carbocycles. The third kappa shape index (κ3) is 5.24. The summed E-state index contributed by atoms with van der Waals surface area (Å²) < 4.78 is 5.64. The molecule has 4 rings (SSSR count). The van der Waals surface area contributed by atoms with Crippen LogP contribution >= 0.6 is 0 Å². The largest absolute Gasteiger partial charge is 0.481 e. The minimum Gasteiger partial charge on any atom is -0.481 e. The molecule has 2 atom stereocenters. The van der Waals surface area contributed by atoms with Crippen LogP contribution in [0.15, 0.2) is 48.5 Å². The number of amides is 2. The number of fused-ring (bicyclic) bond motifs is 3. The first-order valence-electron chi connectivity index (χ1n) is 12.1. The highest BCUT2D eigenvalue weighted by atomic mass is 16.5. The van der Waals surface area contributed by atoms with E-state index in [4.69, 9.17) is 9.84 Å². The lowest BCUT2D eigenvalue weighted by Gasteiger charge is -2.26. The van der Waals surface area contributed by atoms with Crippen molar-refractivity contribution in [2.75, 3.05) is 13.2 Å². The number of ether oxygens (including phenoxy) is 1. The third-order valence-corrected chi connectivity index (χ3v) is 6.83. The highest BCUT2D eigenvalue weighted by molar-refractivity contribution is 5.80. The second-order valence-electron chi connectivity index (χ2n) is 9.14. The van der Waals surface area contributed by atoms with E-state index in [-0.39, 0.29) is 43.4 Å². The van der Waals surface area contributed by atoms with Crippen LogP contribution in [0.3, 0.4) is 0 Å². The first-order chi connectivity index (χ1) is 16.5. The molecule has 2 amide bonds. The molecular weight excluding hydrogens is 432 g/mol. The van der Waals surface area contributed by atoms with E-state index in [1.807, 2.05) is 31.2 Å². The van der Waals surface area contributed by atoms with Crippen LogP contribution < -0.4 is 5.32 Å². The second kappa shape index (κ2) is 10.7. The number of nitrogens with zero attached hydrogens (tertiary/aromatic N) is 1. The Morgan fingerprint density at radius 1 is 1.09 bits per heavy atom. The molecule has 1 heterocycles. The van der Waals surface area contributed by atoms with Crippen LogP contribution in [0.2, 0.25) is 0 Å². The Morgan fingerprint density at radius 2 is 1.74 bits per heavy atom. The van der Waals surface area contributed by atoms with Gasteiger partial charge in [-0.05, 0) is 41.5 Å². The molecule has 1 saturated heterocycles. The predicted octanol–water partition coefficient (Wildman–Crippen LogP) is 4.55. The molecule has 1 fully saturated rings. The Hall–Kier alpha value is -3.35. The second-order valence-corrected chi connectivity index (χ2v) is 9.14. The maximum absolute atomic E-state index is 12.9. The summed E-state index contributed by atoms with van der Waals surface area (Å²) in [5, 5.41) is 12.0. The number of carboxylic acids is 1. The highest BCUT2D eigenvalue weighted by Gasteiger charge is 2.32. The summed E-state index contributed by atoms with van der Waals surface area (Å²) in [5.74, 6) is -1.03. The minimum atomic E-state index is -0.897. The molecule has 34 heavy (non-hydrogen) atoms. The SMILES string of the molecule is CCCC(CC(=O)N1CCC[C@@H]1CC(=O)O)NC(=O)OCC1c2ccccc2-c2ccccc21. The van der Waals surface area contributed by atoms with E-state index in [9.17, 15) is 14.4 Å². The van der Waals surface area contributed by atoms with Gasteiger partial charge >= 0.3 is 12.1 Å². The van der Waals surface area contributed by atoms with Crippen LogP contribution in [0.5, 0.6) is 0 Å². The number of nitrogens with one attached hydrogen (secondary N) is 1. The Balaban J connectivity index is 1.36. The Bertz CT molecular complexity index is 1010. The normalized spacial score (nSPS) is 17.7. The number of carboxylic acid groups (broad SMARTS) is 1. The number of likely N-dealkylation sites (tertiary alicyclic amines) is 1. The summed E-state index contributed by atoms with van der Waals surface area (Å²) in [6.45, 7) is 2.79. The van der Waals surface area contributed by atoms with Gasteiger partial charge in [0.1, 0.15) is 6.61 Å². The van der Waals surface area contributed by atoms with Gasteiger partial charge in [-0.3, -0.25) is 9.59 Å². The Morgan fingerprint density at radius 3 is 2.35 bits per heavy atom. The van der Waals surface area contributed by atoms with Crippen molar-refractivity contribution in [3.05, 3.63) is 59.7 Å². The maximum atomic E-state index is 12.9. The quantitative estimate of drug-likeness (QED) is 0.568. The van der Waals surface area contributed by atoms with E-state index in [1.54, 1.807) is 4.90 Å². The number of rotatable bonds is 9. The lowest BCUT2D eigenvalue weighted by molar-refractivity contribution is -0.140. The summed E-state index contributed by atoms with van der Waals surface area (Å²) in [6, 6.07) is 15.7. The van der Waals surface area contributed by atoms with Crippen molar-refractivity contribution >= 4 is 18.0 Å². The molecular formula is C27H32N2O5. The van der Waals surface area contributed by atoms with Gasteiger partial charge in [-0.25, -0.2) is 4.79 Å². The van der Waals surface area contributed by atoms with Gasteiger partial charge in [0.05, 0.1) is 6.42 Å². The fraction of sp³-hybridized carbons (Fsp3) is 0.444. The summed E-state index contributed by atoms with van der Waals surface area (Å²) >= 11 is 0. The zero-order chi connectivity index (χ0) is 24.1. The first kappa shape index (κ1) is 23.8. The fourth-order valence-corrected chi connectivity index (χ4v) is 5.29. The number of carbonyl (C=O) groups is 3. The van der Waals surface area contributed by atoms with Gasteiger partial charge in [0.25, 0.3) is 0 Å². The van der Waals surface area contributed by atoms with Gasteiger partial charge in [-0.2, -0.15) is 0 Å². The van der Waals surface area contributed by atoms with Gasteiger partial charge in [-0.15, -0.1) is 0 Å². The summed E-state index contributed by atoms with van der Waals surface area (Å²) in [5.41, 5.74) is 4.64. The molecule has 180 valence electrons. The lowest BCUT2D eigenvalue weighted by Crippen LogP contribution is -2.43. The third-order valence-electron chi connectivity index (χ3n) is 6.83. The van der Waals surface area contributed by atoms with Gasteiger partial charge in [0.15, 0.2) is 0 Å². The smallest absolute Gasteiger partial charge is 0.407 e. The van der Waals surface area contributed by atoms with Gasteiger partial charge < -0.3 is 20.1 Å². The molecule has 0 spiro atoms. The standard InChI is InChI=1S/C27H32N2O5/c1-2-8-18(15-25(30)29-14-7-9-19(29)16-26(31)32)28-27(33)34-17-24-22-12-5-3-10-20(22)21-11-4-6-13-23(21)24/h3-6,10-13,18-19,24H,2,7-9,14-17H2,1H3,(H,28,33)(H,31,32)/t18?,19-/m1/s1. The van der Waals surface area contributed by atoms with E-state index >= 15 is 0 Å². The monoisotopic (exact) mass is 464 g/mol. The molecule has 0 bridgehead atoms. The van der Waals surface area contributed by atoms with Gasteiger partial charge in [0, 0.05) is 31.0 Å². The molecule has 2 aromatic carbocycles. The number of alkyl carbamates (subject to hydrolysis) is 1. The molecule has 7 nitrogen and oxygen atoms in total. The van der Waals surface area contributed by atoms with E-state index in [2.05, 4.69) is 29.6 Å². The average Bonchev–Trinajstić information content (AvgIpc) is 3.40. The van der Waals surface area contributed by atoms with Crippen molar-refractivity contribution in [1.82, 2.24) is 10.2 Å². The van der Waals surface area contributed by atoms with Crippen LogP contribution in [-0.2, 0) is 14.3 Å². The van der Waals surface area contributed by atoms with Crippen molar-refractivity contribution in [3.63, 3.8) is 0 Å². The van der Waals surface area contributed by atoms with Gasteiger partial charge in [0.2, 0.25) is 5.91 Å². The molecule has 0 aromatic heterocycles. The number of hydrogen-bond donors (Lipinski definition) is 2. The van der Waals surface area contributed by atoms with E-state index in [0.717, 1.165) is 24.0 Å². The summed E-state index contributed by atoms with van der Waals surface area (Å²) in [7, 11) is 0. The summed E-state index contributed by atoms with van der Waals surface area (Å²) in [4.78, 5) is 38.4.